The van der Waals surface area contributed by atoms with Crippen LogP contribution >= 0.6 is 12.6 Å². The summed E-state index contributed by atoms with van der Waals surface area (Å²) in [5.41, 5.74) is 1.24. The summed E-state index contributed by atoms with van der Waals surface area (Å²) in [7, 11) is 0. The molecule has 1 aliphatic carbocycles. The summed E-state index contributed by atoms with van der Waals surface area (Å²) in [6, 6.07) is 7.08. The number of para-hydroxylation sites is 1. The van der Waals surface area contributed by atoms with Crippen molar-refractivity contribution in [3.63, 3.8) is 0 Å². The van der Waals surface area contributed by atoms with E-state index in [0.717, 1.165) is 37.6 Å². The van der Waals surface area contributed by atoms with Crippen molar-refractivity contribution in [3.8, 4) is 0 Å². The van der Waals surface area contributed by atoms with E-state index in [-0.39, 0.29) is 5.82 Å². The topological polar surface area (TPSA) is 6.48 Å². The third-order valence-electron chi connectivity index (χ3n) is 4.42. The summed E-state index contributed by atoms with van der Waals surface area (Å²) in [5.74, 6) is 0.894. The fraction of sp³-hybridized carbons (Fsp3) is 0.600. The highest BCUT2D eigenvalue weighted by atomic mass is 32.1. The Balaban J connectivity index is 1.56. The largest absolute Gasteiger partial charge is 0.367 e. The number of thiol groups is 1. The lowest BCUT2D eigenvalue weighted by Crippen LogP contribution is -2.48. The van der Waals surface area contributed by atoms with Crippen LogP contribution in [0.1, 0.15) is 12.8 Å². The predicted octanol–water partition coefficient (Wildman–Crippen LogP) is 2.66. The molecule has 0 atom stereocenters. The average Bonchev–Trinajstić information content (AvgIpc) is 3.21. The van der Waals surface area contributed by atoms with Gasteiger partial charge in [-0.2, -0.15) is 12.6 Å². The second-order valence-corrected chi connectivity index (χ2v) is 6.19. The Morgan fingerprint density at radius 2 is 1.79 bits per heavy atom. The van der Waals surface area contributed by atoms with Gasteiger partial charge in [0.2, 0.25) is 0 Å². The smallest absolute Gasteiger partial charge is 0.146 e. The van der Waals surface area contributed by atoms with Crippen LogP contribution in [0, 0.1) is 11.2 Å². The Labute approximate surface area is 120 Å². The Kier molecular flexibility index (Phi) is 3.72. The van der Waals surface area contributed by atoms with E-state index in [9.17, 15) is 4.39 Å². The normalized spacial score (nSPS) is 22.5. The summed E-state index contributed by atoms with van der Waals surface area (Å²) in [6.07, 6.45) is 2.65. The van der Waals surface area contributed by atoms with Crippen molar-refractivity contribution >= 4 is 18.3 Å². The molecule has 1 saturated carbocycles. The van der Waals surface area contributed by atoms with Crippen LogP contribution in [0.4, 0.5) is 10.1 Å². The molecule has 0 amide bonds. The molecule has 1 saturated heterocycles. The molecule has 3 rings (SSSR count). The molecule has 1 aliphatic heterocycles. The Morgan fingerprint density at radius 3 is 2.37 bits per heavy atom. The molecule has 2 nitrogen and oxygen atoms in total. The predicted molar refractivity (Wildman–Crippen MR) is 80.6 cm³/mol. The van der Waals surface area contributed by atoms with Gasteiger partial charge in [-0.05, 0) is 36.1 Å². The van der Waals surface area contributed by atoms with E-state index in [4.69, 9.17) is 0 Å². The minimum absolute atomic E-state index is 0.107. The molecule has 1 aromatic carbocycles. The summed E-state index contributed by atoms with van der Waals surface area (Å²) < 4.78 is 13.7. The van der Waals surface area contributed by atoms with Crippen LogP contribution in [0.15, 0.2) is 24.3 Å². The highest BCUT2D eigenvalue weighted by molar-refractivity contribution is 7.80. The van der Waals surface area contributed by atoms with Gasteiger partial charge in [0, 0.05) is 32.7 Å². The molecule has 1 heterocycles. The molecular weight excluding hydrogens is 259 g/mol. The molecule has 0 bridgehead atoms. The first-order valence-electron chi connectivity index (χ1n) is 7.05. The van der Waals surface area contributed by atoms with Crippen LogP contribution in [-0.2, 0) is 0 Å². The first kappa shape index (κ1) is 13.3. The Hall–Kier alpha value is -0.740. The lowest BCUT2D eigenvalue weighted by Gasteiger charge is -2.37. The second-order valence-electron chi connectivity index (χ2n) is 5.87. The van der Waals surface area contributed by atoms with Gasteiger partial charge in [0.25, 0.3) is 0 Å². The van der Waals surface area contributed by atoms with E-state index < -0.39 is 0 Å². The van der Waals surface area contributed by atoms with E-state index >= 15 is 0 Å². The van der Waals surface area contributed by atoms with Crippen molar-refractivity contribution in [1.29, 1.82) is 0 Å². The van der Waals surface area contributed by atoms with Gasteiger partial charge >= 0.3 is 0 Å². The molecule has 104 valence electrons. The molecular formula is C15H21FN2S. The molecule has 0 spiro atoms. The number of anilines is 1. The maximum atomic E-state index is 13.7. The number of rotatable bonds is 4. The van der Waals surface area contributed by atoms with Crippen molar-refractivity contribution in [2.75, 3.05) is 43.4 Å². The SMILES string of the molecule is Fc1ccccc1N1CCN(CC2(CS)CC2)CC1. The fourth-order valence-corrected chi connectivity index (χ4v) is 3.29. The molecule has 0 aromatic heterocycles. The minimum Gasteiger partial charge on any atom is -0.367 e. The lowest BCUT2D eigenvalue weighted by molar-refractivity contribution is 0.218. The first-order valence-corrected chi connectivity index (χ1v) is 7.68. The zero-order chi connectivity index (χ0) is 13.3. The average molecular weight is 280 g/mol. The number of piperazine rings is 1. The van der Waals surface area contributed by atoms with Crippen molar-refractivity contribution in [1.82, 2.24) is 4.90 Å². The molecule has 1 aromatic rings. The van der Waals surface area contributed by atoms with Crippen LogP contribution in [0.25, 0.3) is 0 Å². The molecule has 19 heavy (non-hydrogen) atoms. The Bertz CT molecular complexity index is 440. The second kappa shape index (κ2) is 5.33. The zero-order valence-electron chi connectivity index (χ0n) is 11.2. The maximum absolute atomic E-state index is 13.7. The van der Waals surface area contributed by atoms with Gasteiger partial charge in [-0.25, -0.2) is 4.39 Å². The van der Waals surface area contributed by atoms with E-state index in [0.29, 0.717) is 5.41 Å². The van der Waals surface area contributed by atoms with Gasteiger partial charge in [-0.3, -0.25) is 4.90 Å². The van der Waals surface area contributed by atoms with Gasteiger partial charge in [-0.15, -0.1) is 0 Å². The molecule has 0 radical (unpaired) electrons. The van der Waals surface area contributed by atoms with Gasteiger partial charge in [0.05, 0.1) is 5.69 Å². The third-order valence-corrected chi connectivity index (χ3v) is 5.09. The monoisotopic (exact) mass is 280 g/mol. The van der Waals surface area contributed by atoms with Crippen LogP contribution in [0.3, 0.4) is 0 Å². The van der Waals surface area contributed by atoms with Gasteiger partial charge in [0.15, 0.2) is 0 Å². The molecule has 0 N–H and O–H groups in total. The van der Waals surface area contributed by atoms with E-state index in [1.165, 1.54) is 19.4 Å². The zero-order valence-corrected chi connectivity index (χ0v) is 12.1. The van der Waals surface area contributed by atoms with Crippen LogP contribution in [0.5, 0.6) is 0 Å². The highest BCUT2D eigenvalue weighted by Crippen LogP contribution is 2.47. The van der Waals surface area contributed by atoms with Crippen molar-refractivity contribution in [2.45, 2.75) is 12.8 Å². The highest BCUT2D eigenvalue weighted by Gasteiger charge is 2.42. The van der Waals surface area contributed by atoms with Crippen LogP contribution in [-0.4, -0.2) is 43.4 Å². The Morgan fingerprint density at radius 1 is 1.11 bits per heavy atom. The number of hydrogen-bond donors (Lipinski definition) is 1. The van der Waals surface area contributed by atoms with E-state index in [1.54, 1.807) is 12.1 Å². The fourth-order valence-electron chi connectivity index (χ4n) is 2.87. The number of hydrogen-bond acceptors (Lipinski definition) is 3. The van der Waals surface area contributed by atoms with Crippen LogP contribution < -0.4 is 4.90 Å². The number of halogens is 1. The summed E-state index contributed by atoms with van der Waals surface area (Å²) in [5, 5.41) is 0. The van der Waals surface area contributed by atoms with Crippen molar-refractivity contribution in [3.05, 3.63) is 30.1 Å². The number of nitrogens with zero attached hydrogens (tertiary/aromatic N) is 2. The van der Waals surface area contributed by atoms with Crippen molar-refractivity contribution < 1.29 is 4.39 Å². The third kappa shape index (κ3) is 2.90. The van der Waals surface area contributed by atoms with Gasteiger partial charge < -0.3 is 4.90 Å². The maximum Gasteiger partial charge on any atom is 0.146 e. The summed E-state index contributed by atoms with van der Waals surface area (Å²) in [6.45, 7) is 5.07. The summed E-state index contributed by atoms with van der Waals surface area (Å²) >= 11 is 4.46. The molecule has 4 heteroatoms. The molecule has 2 aliphatic rings. The molecule has 2 fully saturated rings. The lowest BCUT2D eigenvalue weighted by atomic mass is 10.1. The van der Waals surface area contributed by atoms with Gasteiger partial charge in [-0.1, -0.05) is 12.1 Å². The number of benzene rings is 1. The summed E-state index contributed by atoms with van der Waals surface area (Å²) in [4.78, 5) is 4.67. The van der Waals surface area contributed by atoms with Crippen LogP contribution in [0.2, 0.25) is 0 Å². The van der Waals surface area contributed by atoms with Crippen molar-refractivity contribution in [2.24, 2.45) is 5.41 Å². The standard InChI is InChI=1S/C15H21FN2S/c16-13-3-1-2-4-14(13)18-9-7-17(8-10-18)11-15(12-19)5-6-15/h1-4,19H,5-12H2. The minimum atomic E-state index is -0.107. The van der Waals surface area contributed by atoms with Gasteiger partial charge in [0.1, 0.15) is 5.82 Å². The van der Waals surface area contributed by atoms with E-state index in [2.05, 4.69) is 22.4 Å². The molecule has 0 unspecified atom stereocenters. The quantitative estimate of drug-likeness (QED) is 0.847. The van der Waals surface area contributed by atoms with E-state index in [1.807, 2.05) is 12.1 Å². The first-order chi connectivity index (χ1) is 9.22.